The van der Waals surface area contributed by atoms with Crippen LogP contribution in [0.3, 0.4) is 0 Å². The molecule has 0 radical (unpaired) electrons. The van der Waals surface area contributed by atoms with E-state index in [0.717, 1.165) is 24.9 Å². The highest BCUT2D eigenvalue weighted by atomic mass is 16.6. The predicted octanol–water partition coefficient (Wildman–Crippen LogP) is 3.37. The van der Waals surface area contributed by atoms with Gasteiger partial charge in [0.25, 0.3) is 0 Å². The molecule has 1 amide bonds. The monoisotopic (exact) mass is 233 g/mol. The zero-order valence-electron chi connectivity index (χ0n) is 10.5. The Morgan fingerprint density at radius 1 is 1.47 bits per heavy atom. The van der Waals surface area contributed by atoms with Gasteiger partial charge in [0.15, 0.2) is 0 Å². The van der Waals surface area contributed by atoms with E-state index in [1.165, 1.54) is 5.56 Å². The number of carbonyl (C=O) groups excluding carboxylic acids is 1. The Balaban J connectivity index is 2.23. The number of ether oxygens (including phenoxy) is 1. The molecule has 17 heavy (non-hydrogen) atoms. The van der Waals surface area contributed by atoms with Crippen LogP contribution < -0.4 is 4.90 Å². The summed E-state index contributed by atoms with van der Waals surface area (Å²) < 4.78 is 5.24. The number of carbonyl (C=O) groups is 1. The van der Waals surface area contributed by atoms with Crippen LogP contribution in [0.5, 0.6) is 0 Å². The van der Waals surface area contributed by atoms with Crippen LogP contribution in [0.25, 0.3) is 0 Å². The van der Waals surface area contributed by atoms with Crippen LogP contribution >= 0.6 is 0 Å². The molecule has 0 N–H and O–H groups in total. The second kappa shape index (κ2) is 5.21. The predicted molar refractivity (Wildman–Crippen MR) is 68.3 cm³/mol. The van der Waals surface area contributed by atoms with Crippen LogP contribution in [-0.4, -0.2) is 18.7 Å². The van der Waals surface area contributed by atoms with Crippen LogP contribution in [-0.2, 0) is 11.2 Å². The summed E-state index contributed by atoms with van der Waals surface area (Å²) in [6.45, 7) is 4.56. The van der Waals surface area contributed by atoms with Gasteiger partial charge in [-0.25, -0.2) is 4.79 Å². The van der Waals surface area contributed by atoms with Crippen LogP contribution in [0, 0.1) is 0 Å². The van der Waals surface area contributed by atoms with Crippen molar-refractivity contribution in [3.63, 3.8) is 0 Å². The Kier molecular flexibility index (Phi) is 3.67. The molecule has 0 fully saturated rings. The first-order chi connectivity index (χ1) is 8.24. The van der Waals surface area contributed by atoms with E-state index in [4.69, 9.17) is 4.74 Å². The first-order valence-corrected chi connectivity index (χ1v) is 6.28. The maximum Gasteiger partial charge on any atom is 0.414 e. The van der Waals surface area contributed by atoms with Crippen molar-refractivity contribution >= 4 is 11.8 Å². The second-order valence-corrected chi connectivity index (χ2v) is 4.50. The van der Waals surface area contributed by atoms with E-state index in [1.807, 2.05) is 25.1 Å². The molecule has 1 unspecified atom stereocenters. The molecule has 0 saturated carbocycles. The molecule has 0 bridgehead atoms. The highest BCUT2D eigenvalue weighted by molar-refractivity contribution is 5.89. The molecule has 1 heterocycles. The van der Waals surface area contributed by atoms with Gasteiger partial charge in [0, 0.05) is 6.04 Å². The third-order valence-corrected chi connectivity index (χ3v) is 3.15. The summed E-state index contributed by atoms with van der Waals surface area (Å²) in [4.78, 5) is 13.8. The summed E-state index contributed by atoms with van der Waals surface area (Å²) in [5, 5.41) is 0. The fraction of sp³-hybridized carbons (Fsp3) is 0.500. The zero-order chi connectivity index (χ0) is 12.3. The van der Waals surface area contributed by atoms with Crippen molar-refractivity contribution in [3.05, 3.63) is 29.8 Å². The van der Waals surface area contributed by atoms with E-state index in [-0.39, 0.29) is 12.1 Å². The minimum atomic E-state index is -0.216. The first kappa shape index (κ1) is 12.0. The van der Waals surface area contributed by atoms with Gasteiger partial charge in [-0.05, 0) is 37.8 Å². The van der Waals surface area contributed by atoms with Crippen molar-refractivity contribution in [2.45, 2.75) is 39.2 Å². The smallest absolute Gasteiger partial charge is 0.414 e. The number of rotatable bonds is 2. The highest BCUT2D eigenvalue weighted by Gasteiger charge is 2.28. The summed E-state index contributed by atoms with van der Waals surface area (Å²) in [5.74, 6) is 0. The quantitative estimate of drug-likeness (QED) is 0.783. The van der Waals surface area contributed by atoms with E-state index in [2.05, 4.69) is 13.0 Å². The van der Waals surface area contributed by atoms with Gasteiger partial charge in [-0.2, -0.15) is 0 Å². The number of benzene rings is 1. The van der Waals surface area contributed by atoms with E-state index >= 15 is 0 Å². The summed E-state index contributed by atoms with van der Waals surface area (Å²) in [6, 6.07) is 8.29. The largest absolute Gasteiger partial charge is 0.449 e. The maximum atomic E-state index is 12.0. The summed E-state index contributed by atoms with van der Waals surface area (Å²) in [7, 11) is 0. The molecule has 1 aliphatic heterocycles. The van der Waals surface area contributed by atoms with E-state index in [0.29, 0.717) is 6.61 Å². The summed E-state index contributed by atoms with van der Waals surface area (Å²) in [5.41, 5.74) is 2.24. The van der Waals surface area contributed by atoms with Crippen LogP contribution in [0.15, 0.2) is 24.3 Å². The first-order valence-electron chi connectivity index (χ1n) is 6.28. The lowest BCUT2D eigenvalue weighted by Gasteiger charge is -2.34. The molecular weight excluding hydrogens is 214 g/mol. The molecule has 1 aliphatic rings. The Hall–Kier alpha value is -1.51. The number of anilines is 1. The average Bonchev–Trinajstić information content (AvgIpc) is 2.35. The van der Waals surface area contributed by atoms with Crippen molar-refractivity contribution in [3.8, 4) is 0 Å². The van der Waals surface area contributed by atoms with Crippen LogP contribution in [0.2, 0.25) is 0 Å². The Labute approximate surface area is 102 Å². The van der Waals surface area contributed by atoms with Gasteiger partial charge in [-0.3, -0.25) is 4.90 Å². The molecule has 3 heteroatoms. The topological polar surface area (TPSA) is 29.5 Å². The van der Waals surface area contributed by atoms with E-state index < -0.39 is 0 Å². The average molecular weight is 233 g/mol. The molecular formula is C14H19NO2. The number of amides is 1. The van der Waals surface area contributed by atoms with Crippen molar-refractivity contribution < 1.29 is 9.53 Å². The fourth-order valence-corrected chi connectivity index (χ4v) is 2.23. The molecule has 0 saturated heterocycles. The lowest BCUT2D eigenvalue weighted by atomic mass is 9.97. The number of hydrogen-bond acceptors (Lipinski definition) is 2. The van der Waals surface area contributed by atoms with Gasteiger partial charge in [0.1, 0.15) is 0 Å². The van der Waals surface area contributed by atoms with Crippen molar-refractivity contribution in [2.24, 2.45) is 0 Å². The molecule has 0 aliphatic carbocycles. The second-order valence-electron chi connectivity index (χ2n) is 4.50. The standard InChI is InChI=1S/C14H19NO2/c1-3-10-17-14(16)15-11(2)8-9-12-6-4-5-7-13(12)15/h4-7,11H,3,8-10H2,1-2H3. The van der Waals surface area contributed by atoms with Crippen LogP contribution in [0.4, 0.5) is 10.5 Å². The minimum absolute atomic E-state index is 0.216. The lowest BCUT2D eigenvalue weighted by Crippen LogP contribution is -2.42. The van der Waals surface area contributed by atoms with Gasteiger partial charge < -0.3 is 4.74 Å². The molecule has 1 aromatic carbocycles. The summed E-state index contributed by atoms with van der Waals surface area (Å²) in [6.07, 6.45) is 2.68. The third-order valence-electron chi connectivity index (χ3n) is 3.15. The van der Waals surface area contributed by atoms with E-state index in [1.54, 1.807) is 4.90 Å². The molecule has 0 spiro atoms. The minimum Gasteiger partial charge on any atom is -0.449 e. The lowest BCUT2D eigenvalue weighted by molar-refractivity contribution is 0.150. The Morgan fingerprint density at radius 3 is 3.00 bits per heavy atom. The number of aryl methyl sites for hydroxylation is 1. The molecule has 2 rings (SSSR count). The normalized spacial score (nSPS) is 18.7. The molecule has 0 aromatic heterocycles. The van der Waals surface area contributed by atoms with Crippen molar-refractivity contribution in [1.82, 2.24) is 0 Å². The molecule has 1 aromatic rings. The van der Waals surface area contributed by atoms with Gasteiger partial charge in [-0.1, -0.05) is 25.1 Å². The molecule has 3 nitrogen and oxygen atoms in total. The Bertz CT molecular complexity index is 403. The van der Waals surface area contributed by atoms with Gasteiger partial charge in [0.2, 0.25) is 0 Å². The Morgan fingerprint density at radius 2 is 2.24 bits per heavy atom. The third kappa shape index (κ3) is 2.43. The van der Waals surface area contributed by atoms with Crippen molar-refractivity contribution in [2.75, 3.05) is 11.5 Å². The molecule has 1 atom stereocenters. The molecule has 92 valence electrons. The zero-order valence-corrected chi connectivity index (χ0v) is 10.5. The van der Waals surface area contributed by atoms with Gasteiger partial charge >= 0.3 is 6.09 Å². The van der Waals surface area contributed by atoms with Crippen LogP contribution in [0.1, 0.15) is 32.3 Å². The maximum absolute atomic E-state index is 12.0. The number of hydrogen-bond donors (Lipinski definition) is 0. The number of nitrogens with zero attached hydrogens (tertiary/aromatic N) is 1. The van der Waals surface area contributed by atoms with Crippen molar-refractivity contribution in [1.29, 1.82) is 0 Å². The highest BCUT2D eigenvalue weighted by Crippen LogP contribution is 2.30. The summed E-state index contributed by atoms with van der Waals surface area (Å²) >= 11 is 0. The number of fused-ring (bicyclic) bond motifs is 1. The van der Waals surface area contributed by atoms with E-state index in [9.17, 15) is 4.79 Å². The fourth-order valence-electron chi connectivity index (χ4n) is 2.23. The number of para-hydroxylation sites is 1. The SMILES string of the molecule is CCCOC(=O)N1c2ccccc2CCC1C. The van der Waals surface area contributed by atoms with Gasteiger partial charge in [0.05, 0.1) is 12.3 Å². The van der Waals surface area contributed by atoms with Gasteiger partial charge in [-0.15, -0.1) is 0 Å².